The molecular weight excluding hydrogens is 282 g/mol. The van der Waals surface area contributed by atoms with Crippen LogP contribution in [0.5, 0.6) is 0 Å². The van der Waals surface area contributed by atoms with Crippen molar-refractivity contribution in [3.8, 4) is 0 Å². The van der Waals surface area contributed by atoms with Crippen LogP contribution in [-0.2, 0) is 4.79 Å². The lowest BCUT2D eigenvalue weighted by Crippen LogP contribution is -2.45. The standard InChI is InChI=1S/C14H27N7O/c1-9(21(7)8-10(22)19-14(2,3)4)11-16-12(15)18-13(17-11)20(5)6/h9H,8H2,1-7H3,(H,19,22)(H2,15,16,17,18)/t9-/m0/s1. The number of amides is 1. The van der Waals surface area contributed by atoms with Gasteiger partial charge in [0.2, 0.25) is 17.8 Å². The van der Waals surface area contributed by atoms with Crippen molar-refractivity contribution in [2.24, 2.45) is 0 Å². The molecule has 3 N–H and O–H groups in total. The Kier molecular flexibility index (Phi) is 5.65. The minimum absolute atomic E-state index is 0.0447. The summed E-state index contributed by atoms with van der Waals surface area (Å²) in [5.74, 6) is 1.17. The van der Waals surface area contributed by atoms with Crippen LogP contribution in [0.2, 0.25) is 0 Å². The van der Waals surface area contributed by atoms with Crippen molar-refractivity contribution < 1.29 is 4.79 Å². The molecule has 0 bridgehead atoms. The van der Waals surface area contributed by atoms with Crippen LogP contribution in [0.4, 0.5) is 11.9 Å². The molecule has 0 saturated carbocycles. The first-order valence-corrected chi connectivity index (χ1v) is 7.19. The van der Waals surface area contributed by atoms with Gasteiger partial charge in [0.25, 0.3) is 0 Å². The molecule has 8 heteroatoms. The Labute approximate surface area is 132 Å². The second kappa shape index (κ2) is 6.87. The van der Waals surface area contributed by atoms with E-state index in [4.69, 9.17) is 5.73 Å². The van der Waals surface area contributed by atoms with E-state index in [-0.39, 0.29) is 30.0 Å². The van der Waals surface area contributed by atoms with Crippen molar-refractivity contribution in [1.82, 2.24) is 25.2 Å². The van der Waals surface area contributed by atoms with Gasteiger partial charge in [-0.1, -0.05) is 0 Å². The van der Waals surface area contributed by atoms with Crippen LogP contribution in [-0.4, -0.2) is 59.0 Å². The maximum atomic E-state index is 12.0. The summed E-state index contributed by atoms with van der Waals surface area (Å²) in [4.78, 5) is 28.3. The number of anilines is 2. The molecule has 0 aliphatic carbocycles. The fraction of sp³-hybridized carbons (Fsp3) is 0.714. The van der Waals surface area contributed by atoms with Crippen LogP contribution in [0.25, 0.3) is 0 Å². The minimum atomic E-state index is -0.253. The predicted molar refractivity (Wildman–Crippen MR) is 87.5 cm³/mol. The molecule has 22 heavy (non-hydrogen) atoms. The Morgan fingerprint density at radius 1 is 1.23 bits per heavy atom. The molecule has 0 aliphatic heterocycles. The number of rotatable bonds is 5. The molecule has 0 unspecified atom stereocenters. The number of hydrogen-bond acceptors (Lipinski definition) is 7. The smallest absolute Gasteiger partial charge is 0.234 e. The zero-order valence-corrected chi connectivity index (χ0v) is 14.5. The van der Waals surface area contributed by atoms with Gasteiger partial charge in [0, 0.05) is 19.6 Å². The van der Waals surface area contributed by atoms with Gasteiger partial charge in [-0.3, -0.25) is 9.69 Å². The lowest BCUT2D eigenvalue weighted by Gasteiger charge is -2.26. The number of nitrogens with two attached hydrogens (primary N) is 1. The van der Waals surface area contributed by atoms with Crippen molar-refractivity contribution in [2.75, 3.05) is 38.3 Å². The molecule has 0 fully saturated rings. The highest BCUT2D eigenvalue weighted by molar-refractivity contribution is 5.78. The van der Waals surface area contributed by atoms with Gasteiger partial charge in [-0.25, -0.2) is 0 Å². The van der Waals surface area contributed by atoms with E-state index in [0.29, 0.717) is 11.8 Å². The summed E-state index contributed by atoms with van der Waals surface area (Å²) in [5, 5.41) is 2.93. The molecule has 1 amide bonds. The summed E-state index contributed by atoms with van der Waals surface area (Å²) >= 11 is 0. The average Bonchev–Trinajstić information content (AvgIpc) is 2.34. The Morgan fingerprint density at radius 3 is 2.32 bits per heavy atom. The van der Waals surface area contributed by atoms with Gasteiger partial charge in [0.15, 0.2) is 5.82 Å². The fourth-order valence-corrected chi connectivity index (χ4v) is 1.80. The molecule has 0 aromatic carbocycles. The molecule has 0 saturated heterocycles. The van der Waals surface area contributed by atoms with E-state index in [2.05, 4.69) is 20.3 Å². The molecule has 0 radical (unpaired) electrons. The van der Waals surface area contributed by atoms with Crippen LogP contribution in [0, 0.1) is 0 Å². The van der Waals surface area contributed by atoms with E-state index in [0.717, 1.165) is 0 Å². The Balaban J connectivity index is 2.82. The van der Waals surface area contributed by atoms with Crippen LogP contribution >= 0.6 is 0 Å². The predicted octanol–water partition coefficient (Wildman–Crippen LogP) is 0.427. The number of nitrogens with one attached hydrogen (secondary N) is 1. The van der Waals surface area contributed by atoms with E-state index in [1.807, 2.05) is 53.7 Å². The first-order valence-electron chi connectivity index (χ1n) is 7.19. The fourth-order valence-electron chi connectivity index (χ4n) is 1.80. The Bertz CT molecular complexity index is 524. The van der Waals surface area contributed by atoms with Crippen molar-refractivity contribution >= 4 is 17.8 Å². The average molecular weight is 309 g/mol. The van der Waals surface area contributed by atoms with Gasteiger partial charge < -0.3 is 16.0 Å². The number of hydrogen-bond donors (Lipinski definition) is 2. The van der Waals surface area contributed by atoms with Gasteiger partial charge in [0.05, 0.1) is 12.6 Å². The van der Waals surface area contributed by atoms with E-state index in [1.165, 1.54) is 0 Å². The van der Waals surface area contributed by atoms with Gasteiger partial charge in [-0.15, -0.1) is 0 Å². The van der Waals surface area contributed by atoms with Crippen LogP contribution < -0.4 is 16.0 Å². The summed E-state index contributed by atoms with van der Waals surface area (Å²) in [5.41, 5.74) is 5.48. The normalized spacial score (nSPS) is 13.1. The highest BCUT2D eigenvalue weighted by Gasteiger charge is 2.21. The SMILES string of the molecule is C[C@@H](c1nc(N)nc(N(C)C)n1)N(C)CC(=O)NC(C)(C)C. The lowest BCUT2D eigenvalue weighted by atomic mass is 10.1. The van der Waals surface area contributed by atoms with Crippen molar-refractivity contribution in [1.29, 1.82) is 0 Å². The number of carbonyl (C=O) groups excluding carboxylic acids is 1. The minimum Gasteiger partial charge on any atom is -0.368 e. The number of likely N-dealkylation sites (N-methyl/N-ethyl adjacent to an activating group) is 1. The maximum absolute atomic E-state index is 12.0. The van der Waals surface area contributed by atoms with E-state index < -0.39 is 0 Å². The second-order valence-corrected chi connectivity index (χ2v) is 6.64. The van der Waals surface area contributed by atoms with Gasteiger partial charge in [0.1, 0.15) is 0 Å². The second-order valence-electron chi connectivity index (χ2n) is 6.64. The Hall–Kier alpha value is -1.96. The topological polar surface area (TPSA) is 100 Å². The quantitative estimate of drug-likeness (QED) is 0.813. The molecule has 0 aliphatic rings. The molecule has 1 aromatic rings. The molecule has 1 aromatic heterocycles. The highest BCUT2D eigenvalue weighted by atomic mass is 16.2. The van der Waals surface area contributed by atoms with E-state index in [9.17, 15) is 4.79 Å². The molecular formula is C14H27N7O. The molecule has 1 rings (SSSR count). The first-order chi connectivity index (χ1) is 9.99. The third-order valence-electron chi connectivity index (χ3n) is 3.00. The monoisotopic (exact) mass is 309 g/mol. The molecule has 1 atom stereocenters. The van der Waals surface area contributed by atoms with Crippen molar-refractivity contribution in [3.05, 3.63) is 5.82 Å². The number of nitrogen functional groups attached to an aromatic ring is 1. The third kappa shape index (κ3) is 5.44. The summed E-state index contributed by atoms with van der Waals surface area (Å²) in [6, 6.07) is -0.158. The molecule has 8 nitrogen and oxygen atoms in total. The van der Waals surface area contributed by atoms with Gasteiger partial charge >= 0.3 is 0 Å². The van der Waals surface area contributed by atoms with Gasteiger partial charge in [-0.2, -0.15) is 15.0 Å². The van der Waals surface area contributed by atoms with Crippen LogP contribution in [0.15, 0.2) is 0 Å². The van der Waals surface area contributed by atoms with Crippen molar-refractivity contribution in [3.63, 3.8) is 0 Å². The summed E-state index contributed by atoms with van der Waals surface area (Å²) in [6.07, 6.45) is 0. The van der Waals surface area contributed by atoms with Crippen molar-refractivity contribution in [2.45, 2.75) is 39.3 Å². The van der Waals surface area contributed by atoms with Crippen LogP contribution in [0.3, 0.4) is 0 Å². The summed E-state index contributed by atoms with van der Waals surface area (Å²) < 4.78 is 0. The zero-order valence-electron chi connectivity index (χ0n) is 14.5. The van der Waals surface area contributed by atoms with Gasteiger partial charge in [-0.05, 0) is 34.7 Å². The molecule has 124 valence electrons. The summed E-state index contributed by atoms with van der Waals surface area (Å²) in [7, 11) is 5.52. The number of carbonyl (C=O) groups is 1. The first kappa shape index (κ1) is 18.1. The Morgan fingerprint density at radius 2 is 1.82 bits per heavy atom. The summed E-state index contributed by atoms with van der Waals surface area (Å²) in [6.45, 7) is 8.03. The van der Waals surface area contributed by atoms with E-state index in [1.54, 1.807) is 4.90 Å². The lowest BCUT2D eigenvalue weighted by molar-refractivity contribution is -0.123. The largest absolute Gasteiger partial charge is 0.368 e. The third-order valence-corrected chi connectivity index (χ3v) is 3.00. The van der Waals surface area contributed by atoms with Crippen LogP contribution in [0.1, 0.15) is 39.6 Å². The number of nitrogens with zero attached hydrogens (tertiary/aromatic N) is 5. The maximum Gasteiger partial charge on any atom is 0.234 e. The zero-order chi connectivity index (χ0) is 17.1. The molecule has 1 heterocycles. The van der Waals surface area contributed by atoms with E-state index >= 15 is 0 Å². The number of aromatic nitrogens is 3. The molecule has 0 spiro atoms. The highest BCUT2D eigenvalue weighted by Crippen LogP contribution is 2.17.